The summed E-state index contributed by atoms with van der Waals surface area (Å²) in [6.07, 6.45) is 1.48. The smallest absolute Gasteiger partial charge is 0.410 e. The average Bonchev–Trinajstić information content (AvgIpc) is 3.81. The van der Waals surface area contributed by atoms with Crippen molar-refractivity contribution in [2.24, 2.45) is 17.3 Å². The summed E-state index contributed by atoms with van der Waals surface area (Å²) in [5.74, 6) is 0.294. The quantitative estimate of drug-likeness (QED) is 0.242. The van der Waals surface area contributed by atoms with E-state index in [-0.39, 0.29) is 42.3 Å². The molecule has 3 rings (SSSR count). The van der Waals surface area contributed by atoms with Crippen LogP contribution in [0.5, 0.6) is 11.5 Å². The maximum atomic E-state index is 14.1. The van der Waals surface area contributed by atoms with E-state index in [4.69, 9.17) is 23.7 Å². The van der Waals surface area contributed by atoms with Gasteiger partial charge in [-0.3, -0.25) is 9.59 Å². The molecule has 2 fully saturated rings. The SMILES string of the molecule is CNC(=O)C(C)(C)COC(=O)N(CC1CN(C(=O)OC(C)(C)C)CC1CN(C(=O)c1ccc(OC)c(OCCCOC)c1)C(C)C)C1CC1. The Hall–Kier alpha value is -3.74. The second-order valence-corrected chi connectivity index (χ2v) is 14.9. The number of ether oxygens (including phenoxy) is 5. The minimum Gasteiger partial charge on any atom is -0.493 e. The number of rotatable bonds is 16. The molecule has 1 saturated heterocycles. The van der Waals surface area contributed by atoms with E-state index in [0.29, 0.717) is 62.9 Å². The number of carbonyl (C=O) groups excluding carboxylic acids is 4. The third-order valence-electron chi connectivity index (χ3n) is 8.76. The standard InChI is InChI=1S/C36H58N4O9/c1-24(2)39(31(41)25-12-15-29(46-10)30(18-25)47-17-11-16-45-9)21-26-19-38(33(43)49-35(3,4)5)20-27(26)22-40(28-13-14-28)34(44)48-23-36(6,7)32(42)37-8/h12,15,18,24,26-28H,11,13-14,16-17,19-23H2,1-10H3,(H,37,42). The summed E-state index contributed by atoms with van der Waals surface area (Å²) in [5, 5.41) is 2.62. The fourth-order valence-corrected chi connectivity index (χ4v) is 5.82. The highest BCUT2D eigenvalue weighted by Gasteiger charge is 2.44. The lowest BCUT2D eigenvalue weighted by molar-refractivity contribution is -0.130. The van der Waals surface area contributed by atoms with Gasteiger partial charge in [0.1, 0.15) is 12.2 Å². The van der Waals surface area contributed by atoms with Crippen LogP contribution in [0.1, 0.15) is 78.1 Å². The van der Waals surface area contributed by atoms with Gasteiger partial charge in [0, 0.05) is 82.8 Å². The zero-order chi connectivity index (χ0) is 36.5. The van der Waals surface area contributed by atoms with Crippen molar-refractivity contribution in [2.45, 2.75) is 85.4 Å². The van der Waals surface area contributed by atoms with Crippen LogP contribution >= 0.6 is 0 Å². The molecule has 0 radical (unpaired) electrons. The number of nitrogens with zero attached hydrogens (tertiary/aromatic N) is 3. The van der Waals surface area contributed by atoms with Gasteiger partial charge in [-0.05, 0) is 79.5 Å². The highest BCUT2D eigenvalue weighted by molar-refractivity contribution is 5.95. The van der Waals surface area contributed by atoms with Crippen LogP contribution in [0.4, 0.5) is 9.59 Å². The lowest BCUT2D eigenvalue weighted by Gasteiger charge is -2.33. The lowest BCUT2D eigenvalue weighted by Crippen LogP contribution is -2.46. The van der Waals surface area contributed by atoms with Crippen LogP contribution in [0.2, 0.25) is 0 Å². The Morgan fingerprint density at radius 1 is 0.959 bits per heavy atom. The van der Waals surface area contributed by atoms with Gasteiger partial charge in [0.15, 0.2) is 11.5 Å². The number of hydrogen-bond donors (Lipinski definition) is 1. The van der Waals surface area contributed by atoms with Gasteiger partial charge in [-0.1, -0.05) is 0 Å². The Morgan fingerprint density at radius 2 is 1.61 bits per heavy atom. The van der Waals surface area contributed by atoms with Crippen molar-refractivity contribution in [3.05, 3.63) is 23.8 Å². The van der Waals surface area contributed by atoms with Crippen LogP contribution in [0.25, 0.3) is 0 Å². The summed E-state index contributed by atoms with van der Waals surface area (Å²) in [6, 6.07) is 5.02. The largest absolute Gasteiger partial charge is 0.493 e. The first kappa shape index (κ1) is 39.7. The molecule has 2 atom stereocenters. The molecule has 2 aliphatic rings. The van der Waals surface area contributed by atoms with Crippen LogP contribution in [0, 0.1) is 17.3 Å². The summed E-state index contributed by atoms with van der Waals surface area (Å²) >= 11 is 0. The Labute approximate surface area is 291 Å². The zero-order valence-corrected chi connectivity index (χ0v) is 31.1. The highest BCUT2D eigenvalue weighted by atomic mass is 16.6. The Balaban J connectivity index is 1.85. The number of nitrogens with one attached hydrogen (secondary N) is 1. The van der Waals surface area contributed by atoms with Crippen LogP contribution in [-0.4, -0.2) is 124 Å². The van der Waals surface area contributed by atoms with Crippen LogP contribution in [-0.2, 0) is 19.0 Å². The Kier molecular flexibility index (Phi) is 14.0. The number of methoxy groups -OCH3 is 2. The van der Waals surface area contributed by atoms with E-state index in [0.717, 1.165) is 12.8 Å². The van der Waals surface area contributed by atoms with Gasteiger partial charge < -0.3 is 43.7 Å². The highest BCUT2D eigenvalue weighted by Crippen LogP contribution is 2.34. The molecule has 13 nitrogen and oxygen atoms in total. The number of amides is 4. The molecule has 1 aromatic carbocycles. The van der Waals surface area contributed by atoms with Crippen molar-refractivity contribution in [2.75, 3.05) is 67.3 Å². The molecule has 276 valence electrons. The summed E-state index contributed by atoms with van der Waals surface area (Å²) in [4.78, 5) is 58.4. The summed E-state index contributed by atoms with van der Waals surface area (Å²) < 4.78 is 27.9. The first-order valence-corrected chi connectivity index (χ1v) is 17.3. The van der Waals surface area contributed by atoms with Gasteiger partial charge in [0.2, 0.25) is 5.91 Å². The molecule has 0 spiro atoms. The molecule has 1 heterocycles. The molecule has 2 unspecified atom stereocenters. The van der Waals surface area contributed by atoms with Gasteiger partial charge in [-0.2, -0.15) is 0 Å². The van der Waals surface area contributed by atoms with Crippen LogP contribution < -0.4 is 14.8 Å². The van der Waals surface area contributed by atoms with Crippen molar-refractivity contribution in [3.8, 4) is 11.5 Å². The minimum atomic E-state index is -0.891. The van der Waals surface area contributed by atoms with Crippen molar-refractivity contribution in [1.29, 1.82) is 0 Å². The van der Waals surface area contributed by atoms with Gasteiger partial charge in [-0.25, -0.2) is 9.59 Å². The van der Waals surface area contributed by atoms with E-state index in [9.17, 15) is 19.2 Å². The predicted molar refractivity (Wildman–Crippen MR) is 185 cm³/mol. The fraction of sp³-hybridized carbons (Fsp3) is 0.722. The van der Waals surface area contributed by atoms with E-state index in [2.05, 4.69) is 5.32 Å². The van der Waals surface area contributed by atoms with Crippen molar-refractivity contribution < 1.29 is 42.9 Å². The predicted octanol–water partition coefficient (Wildman–Crippen LogP) is 4.82. The molecule has 1 N–H and O–H groups in total. The van der Waals surface area contributed by atoms with E-state index < -0.39 is 23.2 Å². The third kappa shape index (κ3) is 11.4. The number of carbonyl (C=O) groups is 4. The van der Waals surface area contributed by atoms with Gasteiger partial charge in [0.05, 0.1) is 19.1 Å². The van der Waals surface area contributed by atoms with Gasteiger partial charge in [-0.15, -0.1) is 0 Å². The van der Waals surface area contributed by atoms with Gasteiger partial charge in [0.25, 0.3) is 5.91 Å². The fourth-order valence-electron chi connectivity index (χ4n) is 5.82. The molecule has 1 aromatic rings. The maximum Gasteiger partial charge on any atom is 0.410 e. The second kappa shape index (κ2) is 17.3. The molecule has 0 aromatic heterocycles. The number of hydrogen-bond acceptors (Lipinski definition) is 9. The minimum absolute atomic E-state index is 0.0243. The lowest BCUT2D eigenvalue weighted by atomic mass is 9.93. The normalized spacial score (nSPS) is 17.8. The molecule has 49 heavy (non-hydrogen) atoms. The van der Waals surface area contributed by atoms with E-state index in [1.54, 1.807) is 68.0 Å². The summed E-state index contributed by atoms with van der Waals surface area (Å²) in [5.41, 5.74) is -1.11. The van der Waals surface area contributed by atoms with Gasteiger partial charge >= 0.3 is 12.2 Å². The maximum absolute atomic E-state index is 14.1. The number of likely N-dealkylation sites (tertiary alicyclic amines) is 1. The van der Waals surface area contributed by atoms with Crippen molar-refractivity contribution in [1.82, 2.24) is 20.0 Å². The second-order valence-electron chi connectivity index (χ2n) is 14.9. The third-order valence-corrected chi connectivity index (χ3v) is 8.76. The van der Waals surface area contributed by atoms with Crippen LogP contribution in [0.15, 0.2) is 18.2 Å². The topological polar surface area (TPSA) is 136 Å². The van der Waals surface area contributed by atoms with E-state index in [1.807, 2.05) is 34.6 Å². The van der Waals surface area contributed by atoms with Crippen molar-refractivity contribution >= 4 is 24.0 Å². The number of benzene rings is 1. The monoisotopic (exact) mass is 690 g/mol. The molecule has 1 aliphatic carbocycles. The Morgan fingerprint density at radius 3 is 2.16 bits per heavy atom. The van der Waals surface area contributed by atoms with Crippen LogP contribution in [0.3, 0.4) is 0 Å². The molecule has 1 aliphatic heterocycles. The Bertz CT molecular complexity index is 1290. The zero-order valence-electron chi connectivity index (χ0n) is 31.1. The van der Waals surface area contributed by atoms with E-state index in [1.165, 1.54) is 0 Å². The molecular weight excluding hydrogens is 632 g/mol. The molecule has 0 bridgehead atoms. The summed E-state index contributed by atoms with van der Waals surface area (Å²) in [7, 11) is 4.74. The van der Waals surface area contributed by atoms with E-state index >= 15 is 0 Å². The summed E-state index contributed by atoms with van der Waals surface area (Å²) in [6.45, 7) is 15.2. The molecule has 4 amide bonds. The average molecular weight is 691 g/mol. The molecular formula is C36H58N4O9. The first-order valence-electron chi connectivity index (χ1n) is 17.3. The molecule has 13 heteroatoms. The first-order chi connectivity index (χ1) is 23.0. The molecule has 1 saturated carbocycles. The van der Waals surface area contributed by atoms with Crippen molar-refractivity contribution in [3.63, 3.8) is 0 Å².